The average molecular weight is 337 g/mol. The molecule has 0 aliphatic carbocycles. The van der Waals surface area contributed by atoms with Crippen molar-refractivity contribution in [3.63, 3.8) is 0 Å². The monoisotopic (exact) mass is 336 g/mol. The molecule has 21 heavy (non-hydrogen) atoms. The number of rotatable bonds is 3. The Kier molecular flexibility index (Phi) is 4.66. The van der Waals surface area contributed by atoms with Crippen LogP contribution >= 0.6 is 23.2 Å². The third-order valence-electron chi connectivity index (χ3n) is 2.65. The highest BCUT2D eigenvalue weighted by Crippen LogP contribution is 2.40. The maximum absolute atomic E-state index is 13.0. The molecular weight excluding hydrogens is 328 g/mol. The largest absolute Gasteiger partial charge is 0.455 e. The van der Waals surface area contributed by atoms with Gasteiger partial charge in [-0.25, -0.2) is 0 Å². The minimum absolute atomic E-state index is 0.0198. The summed E-state index contributed by atoms with van der Waals surface area (Å²) in [5, 5.41) is 9.37. The molecule has 0 fully saturated rings. The fourth-order valence-corrected chi connectivity index (χ4v) is 1.98. The molecule has 0 radical (unpaired) electrons. The fourth-order valence-electron chi connectivity index (χ4n) is 1.66. The Morgan fingerprint density at radius 3 is 2.33 bits per heavy atom. The van der Waals surface area contributed by atoms with E-state index in [0.717, 1.165) is 12.1 Å². The van der Waals surface area contributed by atoms with Crippen LogP contribution in [0.4, 0.5) is 13.2 Å². The van der Waals surface area contributed by atoms with Crippen molar-refractivity contribution in [3.8, 4) is 11.5 Å². The van der Waals surface area contributed by atoms with Gasteiger partial charge in [-0.05, 0) is 29.8 Å². The Labute approximate surface area is 128 Å². The van der Waals surface area contributed by atoms with Gasteiger partial charge in [0, 0.05) is 11.1 Å². The predicted molar refractivity (Wildman–Crippen MR) is 73.9 cm³/mol. The van der Waals surface area contributed by atoms with Gasteiger partial charge in [0.05, 0.1) is 17.2 Å². The number of benzene rings is 2. The van der Waals surface area contributed by atoms with E-state index in [2.05, 4.69) is 0 Å². The molecule has 2 nitrogen and oxygen atoms in total. The highest BCUT2D eigenvalue weighted by molar-refractivity contribution is 6.34. The van der Waals surface area contributed by atoms with Gasteiger partial charge in [-0.15, -0.1) is 0 Å². The first-order chi connectivity index (χ1) is 9.81. The lowest BCUT2D eigenvalue weighted by Crippen LogP contribution is -2.08. The SMILES string of the molecule is OCc1ccc(Oc2cc(Cl)ccc2Cl)c(C(F)(F)F)c1. The van der Waals surface area contributed by atoms with Gasteiger partial charge in [0.1, 0.15) is 11.5 Å². The van der Waals surface area contributed by atoms with E-state index in [0.29, 0.717) is 0 Å². The van der Waals surface area contributed by atoms with Crippen LogP contribution < -0.4 is 4.74 Å². The summed E-state index contributed by atoms with van der Waals surface area (Å²) in [6, 6.07) is 7.54. The summed E-state index contributed by atoms with van der Waals surface area (Å²) >= 11 is 11.6. The second kappa shape index (κ2) is 6.13. The highest BCUT2D eigenvalue weighted by Gasteiger charge is 2.35. The summed E-state index contributed by atoms with van der Waals surface area (Å²) < 4.78 is 44.3. The van der Waals surface area contributed by atoms with Gasteiger partial charge in [-0.1, -0.05) is 29.3 Å². The van der Waals surface area contributed by atoms with E-state index in [9.17, 15) is 13.2 Å². The Morgan fingerprint density at radius 2 is 1.71 bits per heavy atom. The van der Waals surface area contributed by atoms with Crippen molar-refractivity contribution in [1.29, 1.82) is 0 Å². The van der Waals surface area contributed by atoms with Crippen molar-refractivity contribution < 1.29 is 23.0 Å². The molecule has 2 aromatic carbocycles. The molecule has 2 aromatic rings. The minimum Gasteiger partial charge on any atom is -0.455 e. The van der Waals surface area contributed by atoms with Gasteiger partial charge in [-0.3, -0.25) is 0 Å². The van der Waals surface area contributed by atoms with Gasteiger partial charge in [-0.2, -0.15) is 13.2 Å². The molecule has 0 bridgehead atoms. The standard InChI is InChI=1S/C14H9Cl2F3O2/c15-9-2-3-11(16)13(6-9)21-12-4-1-8(7-20)5-10(12)14(17,18)19/h1-6,20H,7H2. The van der Waals surface area contributed by atoms with Crippen molar-refractivity contribution in [2.45, 2.75) is 12.8 Å². The minimum atomic E-state index is -4.62. The zero-order valence-corrected chi connectivity index (χ0v) is 11.9. The molecule has 0 unspecified atom stereocenters. The summed E-state index contributed by atoms with van der Waals surface area (Å²) in [4.78, 5) is 0. The first kappa shape index (κ1) is 15.9. The number of alkyl halides is 3. The van der Waals surface area contributed by atoms with E-state index in [1.54, 1.807) is 0 Å². The smallest absolute Gasteiger partial charge is 0.419 e. The molecule has 7 heteroatoms. The second-order valence-corrected chi connectivity index (χ2v) is 5.01. The normalized spacial score (nSPS) is 11.5. The van der Waals surface area contributed by atoms with Crippen molar-refractivity contribution in [1.82, 2.24) is 0 Å². The number of aliphatic hydroxyl groups is 1. The predicted octanol–water partition coefficient (Wildman–Crippen LogP) is 5.30. The van der Waals surface area contributed by atoms with Crippen molar-refractivity contribution in [2.75, 3.05) is 0 Å². The third kappa shape index (κ3) is 3.81. The molecule has 0 heterocycles. The summed E-state index contributed by atoms with van der Waals surface area (Å²) in [5.41, 5.74) is -0.864. The van der Waals surface area contributed by atoms with Crippen LogP contribution in [-0.2, 0) is 12.8 Å². The molecule has 0 amide bonds. The number of halogens is 5. The van der Waals surface area contributed by atoms with Crippen LogP contribution in [0.25, 0.3) is 0 Å². The van der Waals surface area contributed by atoms with Crippen LogP contribution in [0.2, 0.25) is 10.0 Å². The lowest BCUT2D eigenvalue weighted by atomic mass is 10.1. The van der Waals surface area contributed by atoms with Gasteiger partial charge in [0.2, 0.25) is 0 Å². The molecule has 0 aliphatic heterocycles. The maximum Gasteiger partial charge on any atom is 0.419 e. The van der Waals surface area contributed by atoms with Gasteiger partial charge in [0.15, 0.2) is 0 Å². The van der Waals surface area contributed by atoms with Crippen LogP contribution in [0.1, 0.15) is 11.1 Å². The number of aliphatic hydroxyl groups excluding tert-OH is 1. The van der Waals surface area contributed by atoms with E-state index in [1.807, 2.05) is 0 Å². The molecule has 0 aromatic heterocycles. The van der Waals surface area contributed by atoms with Crippen molar-refractivity contribution >= 4 is 23.2 Å². The van der Waals surface area contributed by atoms with Crippen LogP contribution in [0.3, 0.4) is 0 Å². The van der Waals surface area contributed by atoms with Crippen molar-refractivity contribution in [3.05, 3.63) is 57.6 Å². The molecule has 0 atom stereocenters. The van der Waals surface area contributed by atoms with Gasteiger partial charge in [0.25, 0.3) is 0 Å². The lowest BCUT2D eigenvalue weighted by Gasteiger charge is -2.15. The Hall–Kier alpha value is -1.43. The molecule has 0 aliphatic rings. The molecule has 0 saturated heterocycles. The Morgan fingerprint density at radius 1 is 1.00 bits per heavy atom. The Bertz CT molecular complexity index is 657. The Balaban J connectivity index is 2.46. The zero-order chi connectivity index (χ0) is 15.6. The quantitative estimate of drug-likeness (QED) is 0.824. The maximum atomic E-state index is 13.0. The van der Waals surface area contributed by atoms with Crippen LogP contribution in [0, 0.1) is 0 Å². The molecule has 112 valence electrons. The third-order valence-corrected chi connectivity index (χ3v) is 3.19. The molecule has 1 N–H and O–H groups in total. The van der Waals surface area contributed by atoms with Crippen molar-refractivity contribution in [2.24, 2.45) is 0 Å². The van der Waals surface area contributed by atoms with Crippen LogP contribution in [-0.4, -0.2) is 5.11 Å². The van der Waals surface area contributed by atoms with Crippen LogP contribution in [0.15, 0.2) is 36.4 Å². The summed E-state index contributed by atoms with van der Waals surface area (Å²) in [6.07, 6.45) is -4.62. The summed E-state index contributed by atoms with van der Waals surface area (Å²) in [5.74, 6) is -0.393. The van der Waals surface area contributed by atoms with E-state index in [4.69, 9.17) is 33.0 Å². The summed E-state index contributed by atoms with van der Waals surface area (Å²) in [7, 11) is 0. The topological polar surface area (TPSA) is 29.5 Å². The molecule has 0 spiro atoms. The first-order valence-electron chi connectivity index (χ1n) is 5.75. The molecule has 2 rings (SSSR count). The highest BCUT2D eigenvalue weighted by atomic mass is 35.5. The van der Waals surface area contributed by atoms with Gasteiger partial charge < -0.3 is 9.84 Å². The summed E-state index contributed by atoms with van der Waals surface area (Å²) in [6.45, 7) is -0.499. The number of hydrogen-bond donors (Lipinski definition) is 1. The lowest BCUT2D eigenvalue weighted by molar-refractivity contribution is -0.138. The number of hydrogen-bond acceptors (Lipinski definition) is 2. The van der Waals surface area contributed by atoms with E-state index in [1.165, 1.54) is 24.3 Å². The molecule has 0 saturated carbocycles. The molecular formula is C14H9Cl2F3O2. The fraction of sp³-hybridized carbons (Fsp3) is 0.143. The number of ether oxygens (including phenoxy) is 1. The van der Waals surface area contributed by atoms with Gasteiger partial charge >= 0.3 is 6.18 Å². The van der Waals surface area contributed by atoms with E-state index in [-0.39, 0.29) is 21.4 Å². The van der Waals surface area contributed by atoms with E-state index < -0.39 is 24.1 Å². The first-order valence-corrected chi connectivity index (χ1v) is 6.50. The van der Waals surface area contributed by atoms with Crippen LogP contribution in [0.5, 0.6) is 11.5 Å². The average Bonchev–Trinajstić information content (AvgIpc) is 2.42. The zero-order valence-electron chi connectivity index (χ0n) is 10.4. The van der Waals surface area contributed by atoms with E-state index >= 15 is 0 Å². The second-order valence-electron chi connectivity index (χ2n) is 4.16.